The molecule has 2 aromatic carbocycles. The zero-order valence-electron chi connectivity index (χ0n) is 18.1. The fourth-order valence-corrected chi connectivity index (χ4v) is 4.43. The van der Waals surface area contributed by atoms with Crippen molar-refractivity contribution < 1.29 is 8.42 Å². The normalized spacial score (nSPS) is 11.4. The predicted octanol–water partition coefficient (Wildman–Crippen LogP) is 3.83. The Labute approximate surface area is 196 Å². The topological polar surface area (TPSA) is 161 Å². The molecule has 0 fully saturated rings. The first-order valence-electron chi connectivity index (χ1n) is 10.2. The van der Waals surface area contributed by atoms with Gasteiger partial charge in [0, 0.05) is 40.7 Å². The molecule has 2 aromatic heterocycles. The molecule has 4 rings (SSSR count). The highest BCUT2D eigenvalue weighted by atomic mass is 32.2. The van der Waals surface area contributed by atoms with Crippen LogP contribution in [0.1, 0.15) is 22.3 Å². The number of rotatable bonds is 6. The minimum Gasteiger partial charge on any atom is -0.369 e. The molecule has 0 bridgehead atoms. The first kappa shape index (κ1) is 22.6. The molecule has 0 spiro atoms. The van der Waals surface area contributed by atoms with Crippen molar-refractivity contribution in [3.8, 4) is 6.07 Å². The summed E-state index contributed by atoms with van der Waals surface area (Å²) >= 11 is 0. The van der Waals surface area contributed by atoms with Crippen molar-refractivity contribution in [1.82, 2.24) is 14.7 Å². The van der Waals surface area contributed by atoms with Crippen molar-refractivity contribution in [2.75, 3.05) is 5.32 Å². The number of nitrogens with zero attached hydrogens (tertiary/aromatic N) is 2. The monoisotopic (exact) mass is 471 g/mol. The molecule has 9 nitrogen and oxygen atoms in total. The van der Waals surface area contributed by atoms with Crippen LogP contribution in [0.25, 0.3) is 23.1 Å². The second kappa shape index (κ2) is 9.09. The Bertz CT molecular complexity index is 1560. The number of hydrogen-bond donors (Lipinski definition) is 5. The van der Waals surface area contributed by atoms with Gasteiger partial charge in [0.1, 0.15) is 6.07 Å². The Kier molecular flexibility index (Phi) is 6.03. The van der Waals surface area contributed by atoms with Crippen LogP contribution in [0.5, 0.6) is 0 Å². The molecule has 10 heteroatoms. The molecular formula is C24H21N7O2S. The number of nitrogens with one attached hydrogen (secondary N) is 4. The number of sulfonamides is 1. The van der Waals surface area contributed by atoms with Crippen LogP contribution >= 0.6 is 0 Å². The summed E-state index contributed by atoms with van der Waals surface area (Å²) in [4.78, 5) is 7.35. The van der Waals surface area contributed by atoms with Crippen LogP contribution in [0.2, 0.25) is 0 Å². The number of pyridine rings is 1. The van der Waals surface area contributed by atoms with Crippen molar-refractivity contribution in [3.05, 3.63) is 83.3 Å². The molecule has 0 unspecified atom stereocenters. The Morgan fingerprint density at radius 3 is 2.62 bits per heavy atom. The van der Waals surface area contributed by atoms with Crippen molar-refractivity contribution in [2.45, 2.75) is 11.8 Å². The second-order valence-electron chi connectivity index (χ2n) is 7.49. The number of aryl methyl sites for hydroxylation is 1. The van der Waals surface area contributed by atoms with Gasteiger partial charge >= 0.3 is 0 Å². The van der Waals surface area contributed by atoms with Crippen LogP contribution in [0.15, 0.2) is 66.0 Å². The molecular weight excluding hydrogens is 450 g/mol. The molecule has 0 saturated heterocycles. The van der Waals surface area contributed by atoms with E-state index in [0.29, 0.717) is 16.8 Å². The summed E-state index contributed by atoms with van der Waals surface area (Å²) in [7, 11) is -3.89. The third-order valence-corrected chi connectivity index (χ3v) is 6.63. The number of H-pyrrole nitrogens is 1. The average molecular weight is 472 g/mol. The molecule has 0 aliphatic carbocycles. The first-order valence-corrected chi connectivity index (χ1v) is 11.6. The van der Waals surface area contributed by atoms with E-state index in [-0.39, 0.29) is 4.90 Å². The maximum atomic E-state index is 12.1. The van der Waals surface area contributed by atoms with E-state index < -0.39 is 16.0 Å². The molecule has 2 heterocycles. The van der Waals surface area contributed by atoms with Crippen molar-refractivity contribution in [3.63, 3.8) is 0 Å². The molecule has 170 valence electrons. The number of guanidine groups is 1. The number of benzene rings is 2. The number of nitrogens with two attached hydrogens (primary N) is 1. The third kappa shape index (κ3) is 4.60. The summed E-state index contributed by atoms with van der Waals surface area (Å²) in [5.74, 6) is -0.653. The molecule has 0 aliphatic heterocycles. The number of aromatic amines is 1. The lowest BCUT2D eigenvalue weighted by Gasteiger charge is -2.14. The van der Waals surface area contributed by atoms with Gasteiger partial charge in [0.15, 0.2) is 5.96 Å². The van der Waals surface area contributed by atoms with E-state index in [2.05, 4.69) is 21.4 Å². The van der Waals surface area contributed by atoms with Gasteiger partial charge in [-0.15, -0.1) is 0 Å². The summed E-state index contributed by atoms with van der Waals surface area (Å²) in [6.07, 6.45) is 8.64. The highest BCUT2D eigenvalue weighted by Crippen LogP contribution is 2.31. The van der Waals surface area contributed by atoms with Gasteiger partial charge in [0.2, 0.25) is 0 Å². The maximum Gasteiger partial charge on any atom is 0.264 e. The van der Waals surface area contributed by atoms with Gasteiger partial charge in [-0.1, -0.05) is 24.3 Å². The van der Waals surface area contributed by atoms with Crippen LogP contribution in [0.3, 0.4) is 0 Å². The SMILES string of the molecule is Cc1c(Nc2c(C#N)cncc2C=Cc2ccc(S(=O)(=O)NC(=N)N)cc2)ccc2[nH]ccc12. The van der Waals surface area contributed by atoms with E-state index in [0.717, 1.165) is 27.7 Å². The van der Waals surface area contributed by atoms with Gasteiger partial charge in [0.25, 0.3) is 10.0 Å². The van der Waals surface area contributed by atoms with Gasteiger partial charge in [0.05, 0.1) is 16.1 Å². The highest BCUT2D eigenvalue weighted by molar-refractivity contribution is 7.90. The second-order valence-corrected chi connectivity index (χ2v) is 9.17. The van der Waals surface area contributed by atoms with Gasteiger partial charge in [-0.25, -0.2) is 13.1 Å². The summed E-state index contributed by atoms with van der Waals surface area (Å²) < 4.78 is 26.2. The maximum absolute atomic E-state index is 12.1. The number of hydrogen-bond acceptors (Lipinski definition) is 6. The molecule has 0 amide bonds. The largest absolute Gasteiger partial charge is 0.369 e. The first-order chi connectivity index (χ1) is 16.3. The van der Waals surface area contributed by atoms with E-state index in [1.165, 1.54) is 18.3 Å². The molecule has 0 radical (unpaired) electrons. The summed E-state index contributed by atoms with van der Waals surface area (Å²) in [6, 6.07) is 14.2. The zero-order valence-corrected chi connectivity index (χ0v) is 18.9. The Hall–Kier alpha value is -4.62. The summed E-state index contributed by atoms with van der Waals surface area (Å²) in [6.45, 7) is 2.01. The molecule has 0 saturated carbocycles. The smallest absolute Gasteiger partial charge is 0.264 e. The lowest BCUT2D eigenvalue weighted by Crippen LogP contribution is -2.35. The van der Waals surface area contributed by atoms with Crippen LogP contribution in [-0.4, -0.2) is 24.3 Å². The van der Waals surface area contributed by atoms with E-state index in [1.807, 2.05) is 36.0 Å². The Morgan fingerprint density at radius 1 is 1.15 bits per heavy atom. The lowest BCUT2D eigenvalue weighted by atomic mass is 10.1. The average Bonchev–Trinajstić information content (AvgIpc) is 3.29. The van der Waals surface area contributed by atoms with Gasteiger partial charge < -0.3 is 16.0 Å². The van der Waals surface area contributed by atoms with E-state index in [1.54, 1.807) is 30.5 Å². The summed E-state index contributed by atoms with van der Waals surface area (Å²) in [5, 5.41) is 21.2. The Morgan fingerprint density at radius 2 is 1.91 bits per heavy atom. The number of anilines is 2. The quantitative estimate of drug-likeness (QED) is 0.212. The minimum absolute atomic E-state index is 0.00836. The third-order valence-electron chi connectivity index (χ3n) is 5.25. The standard InChI is InChI=1S/C24H21N7O2S/c1-15-20-10-11-29-22(20)9-8-21(15)30-23-17(13-28-14-18(23)12-25)5-2-16-3-6-19(7-4-16)34(32,33)31-24(26)27/h2-11,13-14,29H,1H3,(H,28,30)(H4,26,27,31). The fraction of sp³-hybridized carbons (Fsp3) is 0.0417. The molecule has 6 N–H and O–H groups in total. The van der Waals surface area contributed by atoms with Gasteiger partial charge in [-0.3, -0.25) is 10.4 Å². The van der Waals surface area contributed by atoms with Gasteiger partial charge in [-0.2, -0.15) is 5.26 Å². The highest BCUT2D eigenvalue weighted by Gasteiger charge is 2.14. The molecule has 4 aromatic rings. The van der Waals surface area contributed by atoms with Crippen molar-refractivity contribution in [2.24, 2.45) is 5.73 Å². The van der Waals surface area contributed by atoms with E-state index >= 15 is 0 Å². The Balaban J connectivity index is 1.65. The van der Waals surface area contributed by atoms with E-state index in [9.17, 15) is 13.7 Å². The molecule has 0 atom stereocenters. The van der Waals surface area contributed by atoms with Crippen molar-refractivity contribution >= 4 is 50.4 Å². The van der Waals surface area contributed by atoms with Gasteiger partial charge in [-0.05, 0) is 48.4 Å². The van der Waals surface area contributed by atoms with Crippen LogP contribution in [0.4, 0.5) is 11.4 Å². The summed E-state index contributed by atoms with van der Waals surface area (Å²) in [5.41, 5.74) is 10.5. The predicted molar refractivity (Wildman–Crippen MR) is 133 cm³/mol. The fourth-order valence-electron chi connectivity index (χ4n) is 3.53. The lowest BCUT2D eigenvalue weighted by molar-refractivity contribution is 0.592. The van der Waals surface area contributed by atoms with Crippen LogP contribution in [0, 0.1) is 23.7 Å². The number of aromatic nitrogens is 2. The molecule has 34 heavy (non-hydrogen) atoms. The van der Waals surface area contributed by atoms with Crippen LogP contribution < -0.4 is 15.8 Å². The molecule has 0 aliphatic rings. The number of nitriles is 1. The number of fused-ring (bicyclic) bond motifs is 1. The van der Waals surface area contributed by atoms with Crippen LogP contribution in [-0.2, 0) is 10.0 Å². The minimum atomic E-state index is -3.89. The van der Waals surface area contributed by atoms with E-state index in [4.69, 9.17) is 11.1 Å². The zero-order chi connectivity index (χ0) is 24.3. The van der Waals surface area contributed by atoms with Crippen molar-refractivity contribution in [1.29, 1.82) is 10.7 Å².